The number of aldehydes is 1. The van der Waals surface area contributed by atoms with Crippen LogP contribution < -0.4 is 0 Å². The number of aliphatic imine (C=N–C) groups is 1. The van der Waals surface area contributed by atoms with Gasteiger partial charge in [0.25, 0.3) is 0 Å². The quantitative estimate of drug-likeness (QED) is 0.570. The van der Waals surface area contributed by atoms with E-state index in [0.29, 0.717) is 11.4 Å². The molecule has 12 heavy (non-hydrogen) atoms. The normalized spacial score (nSPS) is 14.0. The largest absolute Gasteiger partial charge is 0.296 e. The van der Waals surface area contributed by atoms with E-state index in [4.69, 9.17) is 0 Å². The van der Waals surface area contributed by atoms with Crippen LogP contribution >= 0.6 is 0 Å². The molecular weight excluding hydrogens is 150 g/mol. The Bertz CT molecular complexity index is 391. The molecule has 0 radical (unpaired) electrons. The first-order chi connectivity index (χ1) is 5.83. The Morgan fingerprint density at radius 2 is 1.92 bits per heavy atom. The topological polar surface area (TPSA) is 29.4 Å². The number of carbonyl (C=O) groups excluding carboxylic acids is 1. The minimum absolute atomic E-state index is 0.482. The summed E-state index contributed by atoms with van der Waals surface area (Å²) in [4.78, 5) is 14.6. The van der Waals surface area contributed by atoms with Crippen LogP contribution in [-0.2, 0) is 4.79 Å². The minimum Gasteiger partial charge on any atom is -0.296 e. The Kier molecular flexibility index (Phi) is 1.40. The number of benzene rings is 1. The Hall–Kier alpha value is -1.70. The summed E-state index contributed by atoms with van der Waals surface area (Å²) >= 11 is 0. The second-order valence-electron chi connectivity index (χ2n) is 2.61. The lowest BCUT2D eigenvalue weighted by molar-refractivity contribution is -0.102. The van der Waals surface area contributed by atoms with Crippen LogP contribution in [0, 0.1) is 0 Å². The molecule has 0 aromatic heterocycles. The SMILES string of the molecule is C=C1N=C(C=O)c2ccccc21. The third kappa shape index (κ3) is 0.815. The summed E-state index contributed by atoms with van der Waals surface area (Å²) in [5.74, 6) is 0. The van der Waals surface area contributed by atoms with Gasteiger partial charge in [-0.15, -0.1) is 0 Å². The molecular formula is C10H7NO. The molecule has 0 unspecified atom stereocenters. The van der Waals surface area contributed by atoms with Gasteiger partial charge in [0.1, 0.15) is 5.71 Å². The molecule has 0 aliphatic carbocycles. The molecule has 0 N–H and O–H groups in total. The number of hydrogen-bond acceptors (Lipinski definition) is 2. The van der Waals surface area contributed by atoms with Crippen LogP contribution in [0.4, 0.5) is 0 Å². The van der Waals surface area contributed by atoms with E-state index >= 15 is 0 Å². The first-order valence-corrected chi connectivity index (χ1v) is 3.65. The van der Waals surface area contributed by atoms with Gasteiger partial charge in [0, 0.05) is 11.1 Å². The maximum atomic E-state index is 10.5. The van der Waals surface area contributed by atoms with Crippen LogP contribution in [0.25, 0.3) is 5.70 Å². The van der Waals surface area contributed by atoms with Gasteiger partial charge < -0.3 is 0 Å². The van der Waals surface area contributed by atoms with Crippen molar-refractivity contribution < 1.29 is 4.79 Å². The molecule has 0 saturated heterocycles. The molecule has 0 saturated carbocycles. The van der Waals surface area contributed by atoms with Crippen molar-refractivity contribution in [1.82, 2.24) is 0 Å². The zero-order valence-corrected chi connectivity index (χ0v) is 6.45. The molecule has 2 heteroatoms. The minimum atomic E-state index is 0.482. The molecule has 1 aliphatic heterocycles. The Balaban J connectivity index is 2.68. The van der Waals surface area contributed by atoms with Crippen LogP contribution in [0.1, 0.15) is 11.1 Å². The van der Waals surface area contributed by atoms with Gasteiger partial charge in [-0.1, -0.05) is 30.8 Å². The van der Waals surface area contributed by atoms with Crippen LogP contribution in [0.5, 0.6) is 0 Å². The van der Waals surface area contributed by atoms with Crippen molar-refractivity contribution in [3.05, 3.63) is 42.0 Å². The standard InChI is InChI=1S/C10H7NO/c1-7-8-4-2-3-5-9(8)10(6-12)11-7/h2-6H,1H2. The van der Waals surface area contributed by atoms with E-state index < -0.39 is 0 Å². The molecule has 0 spiro atoms. The molecule has 1 aliphatic rings. The van der Waals surface area contributed by atoms with Gasteiger partial charge in [-0.05, 0) is 0 Å². The summed E-state index contributed by atoms with van der Waals surface area (Å²) in [5.41, 5.74) is 3.00. The number of carbonyl (C=O) groups is 1. The van der Waals surface area contributed by atoms with Crippen LogP contribution in [-0.4, -0.2) is 12.0 Å². The monoisotopic (exact) mass is 157 g/mol. The van der Waals surface area contributed by atoms with E-state index in [2.05, 4.69) is 11.6 Å². The molecule has 0 atom stereocenters. The first-order valence-electron chi connectivity index (χ1n) is 3.65. The highest BCUT2D eigenvalue weighted by atomic mass is 16.1. The van der Waals surface area contributed by atoms with E-state index in [1.165, 1.54) is 0 Å². The number of rotatable bonds is 1. The van der Waals surface area contributed by atoms with Gasteiger partial charge in [-0.3, -0.25) is 4.79 Å². The Morgan fingerprint density at radius 3 is 2.58 bits per heavy atom. The summed E-state index contributed by atoms with van der Waals surface area (Å²) < 4.78 is 0. The highest BCUT2D eigenvalue weighted by Crippen LogP contribution is 2.25. The number of hydrogen-bond donors (Lipinski definition) is 0. The van der Waals surface area contributed by atoms with E-state index in [-0.39, 0.29) is 0 Å². The third-order valence-electron chi connectivity index (χ3n) is 1.88. The fourth-order valence-electron chi connectivity index (χ4n) is 1.31. The maximum Gasteiger partial charge on any atom is 0.169 e. The molecule has 0 bridgehead atoms. The van der Waals surface area contributed by atoms with Gasteiger partial charge in [0.05, 0.1) is 5.70 Å². The highest BCUT2D eigenvalue weighted by molar-refractivity contribution is 6.40. The summed E-state index contributed by atoms with van der Waals surface area (Å²) in [7, 11) is 0. The summed E-state index contributed by atoms with van der Waals surface area (Å²) in [6, 6.07) is 7.59. The van der Waals surface area contributed by atoms with Crippen molar-refractivity contribution in [3.8, 4) is 0 Å². The van der Waals surface area contributed by atoms with Gasteiger partial charge in [0.2, 0.25) is 0 Å². The van der Waals surface area contributed by atoms with E-state index in [1.807, 2.05) is 24.3 Å². The predicted octanol–water partition coefficient (Wildman–Crippen LogP) is 1.66. The average Bonchev–Trinajstić information content (AvgIpc) is 2.44. The van der Waals surface area contributed by atoms with Crippen molar-refractivity contribution in [1.29, 1.82) is 0 Å². The van der Waals surface area contributed by atoms with Crippen LogP contribution in [0.15, 0.2) is 35.8 Å². The van der Waals surface area contributed by atoms with E-state index in [9.17, 15) is 4.79 Å². The highest BCUT2D eigenvalue weighted by Gasteiger charge is 2.16. The van der Waals surface area contributed by atoms with Crippen molar-refractivity contribution in [2.24, 2.45) is 4.99 Å². The summed E-state index contributed by atoms with van der Waals surface area (Å²) in [6.45, 7) is 3.75. The number of nitrogens with zero attached hydrogens (tertiary/aromatic N) is 1. The summed E-state index contributed by atoms with van der Waals surface area (Å²) in [5, 5.41) is 0. The average molecular weight is 157 g/mol. The lowest BCUT2D eigenvalue weighted by Gasteiger charge is -1.95. The van der Waals surface area contributed by atoms with Gasteiger partial charge in [-0.25, -0.2) is 4.99 Å². The molecule has 58 valence electrons. The second-order valence-corrected chi connectivity index (χ2v) is 2.61. The fourth-order valence-corrected chi connectivity index (χ4v) is 1.31. The molecule has 2 rings (SSSR count). The maximum absolute atomic E-state index is 10.5. The zero-order chi connectivity index (χ0) is 8.55. The molecule has 1 aromatic rings. The molecule has 1 heterocycles. The second kappa shape index (κ2) is 2.41. The van der Waals surface area contributed by atoms with E-state index in [0.717, 1.165) is 17.4 Å². The van der Waals surface area contributed by atoms with Crippen molar-refractivity contribution in [2.45, 2.75) is 0 Å². The third-order valence-corrected chi connectivity index (χ3v) is 1.88. The van der Waals surface area contributed by atoms with Crippen molar-refractivity contribution in [3.63, 3.8) is 0 Å². The summed E-state index contributed by atoms with van der Waals surface area (Å²) in [6.07, 6.45) is 0.761. The zero-order valence-electron chi connectivity index (χ0n) is 6.45. The molecule has 2 nitrogen and oxygen atoms in total. The fraction of sp³-hybridized carbons (Fsp3) is 0. The van der Waals surface area contributed by atoms with Gasteiger partial charge in [0.15, 0.2) is 6.29 Å². The Morgan fingerprint density at radius 1 is 1.25 bits per heavy atom. The lowest BCUT2D eigenvalue weighted by Crippen LogP contribution is -1.97. The van der Waals surface area contributed by atoms with E-state index in [1.54, 1.807) is 0 Å². The predicted molar refractivity (Wildman–Crippen MR) is 48.1 cm³/mol. The molecule has 0 fully saturated rings. The van der Waals surface area contributed by atoms with Crippen LogP contribution in [0.3, 0.4) is 0 Å². The molecule has 1 aromatic carbocycles. The Labute approximate surface area is 70.3 Å². The van der Waals surface area contributed by atoms with Crippen molar-refractivity contribution in [2.75, 3.05) is 0 Å². The lowest BCUT2D eigenvalue weighted by atomic mass is 10.1. The smallest absolute Gasteiger partial charge is 0.169 e. The number of fused-ring (bicyclic) bond motifs is 1. The molecule has 0 amide bonds. The first kappa shape index (κ1) is 6.98. The van der Waals surface area contributed by atoms with Gasteiger partial charge in [-0.2, -0.15) is 0 Å². The van der Waals surface area contributed by atoms with Crippen LogP contribution in [0.2, 0.25) is 0 Å². The van der Waals surface area contributed by atoms with Crippen molar-refractivity contribution >= 4 is 17.7 Å². The van der Waals surface area contributed by atoms with Gasteiger partial charge >= 0.3 is 0 Å².